The minimum atomic E-state index is -0.793. The molecule has 5 heteroatoms. The van der Waals surface area contributed by atoms with E-state index < -0.39 is 5.97 Å². The molecular formula is C12H14ClFO3. The molecule has 0 fully saturated rings. The van der Waals surface area contributed by atoms with Crippen molar-refractivity contribution in [1.82, 2.24) is 0 Å². The molecule has 1 unspecified atom stereocenters. The molecule has 1 aliphatic rings. The van der Waals surface area contributed by atoms with Crippen molar-refractivity contribution in [2.75, 3.05) is 6.61 Å². The van der Waals surface area contributed by atoms with Crippen molar-refractivity contribution in [2.24, 2.45) is 0 Å². The Hall–Kier alpha value is -1.29. The molecule has 94 valence electrons. The smallest absolute Gasteiger partial charge is 0.303 e. The maximum absolute atomic E-state index is 13.0. The number of carboxylic acids is 1. The van der Waals surface area contributed by atoms with E-state index in [1.54, 1.807) is 6.07 Å². The van der Waals surface area contributed by atoms with Gasteiger partial charge in [-0.2, -0.15) is 0 Å². The SMILES string of the molecule is Cl.O=C(O)CCCC1COc2ccc(F)cc21. The molecule has 1 aromatic rings. The van der Waals surface area contributed by atoms with Crippen LogP contribution in [0.4, 0.5) is 4.39 Å². The lowest BCUT2D eigenvalue weighted by molar-refractivity contribution is -0.137. The Morgan fingerprint density at radius 2 is 2.29 bits per heavy atom. The van der Waals surface area contributed by atoms with Gasteiger partial charge in [-0.05, 0) is 31.0 Å². The highest BCUT2D eigenvalue weighted by Crippen LogP contribution is 2.36. The molecule has 17 heavy (non-hydrogen) atoms. The summed E-state index contributed by atoms with van der Waals surface area (Å²) in [4.78, 5) is 10.4. The number of halogens is 2. The summed E-state index contributed by atoms with van der Waals surface area (Å²) in [7, 11) is 0. The molecule has 0 saturated carbocycles. The van der Waals surface area contributed by atoms with Crippen molar-refractivity contribution in [3.63, 3.8) is 0 Å². The lowest BCUT2D eigenvalue weighted by Gasteiger charge is -2.07. The van der Waals surface area contributed by atoms with Crippen LogP contribution in [0, 0.1) is 5.82 Å². The average Bonchev–Trinajstić information content (AvgIpc) is 2.60. The maximum Gasteiger partial charge on any atom is 0.303 e. The van der Waals surface area contributed by atoms with E-state index in [0.717, 1.165) is 17.7 Å². The molecule has 0 bridgehead atoms. The first-order chi connectivity index (χ1) is 7.66. The Labute approximate surface area is 105 Å². The molecule has 0 radical (unpaired) electrons. The van der Waals surface area contributed by atoms with Gasteiger partial charge in [0.2, 0.25) is 0 Å². The Morgan fingerprint density at radius 3 is 3.00 bits per heavy atom. The van der Waals surface area contributed by atoms with Gasteiger partial charge in [-0.15, -0.1) is 12.4 Å². The fraction of sp³-hybridized carbons (Fsp3) is 0.417. The predicted molar refractivity (Wildman–Crippen MR) is 63.4 cm³/mol. The van der Waals surface area contributed by atoms with Gasteiger partial charge in [-0.3, -0.25) is 4.79 Å². The third-order valence-electron chi connectivity index (χ3n) is 2.79. The van der Waals surface area contributed by atoms with Crippen molar-refractivity contribution in [2.45, 2.75) is 25.2 Å². The van der Waals surface area contributed by atoms with Crippen molar-refractivity contribution in [3.05, 3.63) is 29.6 Å². The third kappa shape index (κ3) is 3.33. The van der Waals surface area contributed by atoms with Crippen molar-refractivity contribution in [1.29, 1.82) is 0 Å². The lowest BCUT2D eigenvalue weighted by atomic mass is 9.95. The number of rotatable bonds is 4. The van der Waals surface area contributed by atoms with Crippen molar-refractivity contribution >= 4 is 18.4 Å². The third-order valence-corrected chi connectivity index (χ3v) is 2.79. The molecule has 0 spiro atoms. The van der Waals surface area contributed by atoms with E-state index in [0.29, 0.717) is 13.0 Å². The van der Waals surface area contributed by atoms with Crippen LogP contribution in [0.3, 0.4) is 0 Å². The largest absolute Gasteiger partial charge is 0.493 e. The second-order valence-electron chi connectivity index (χ2n) is 3.98. The number of ether oxygens (including phenoxy) is 1. The Bertz CT molecular complexity index is 409. The van der Waals surface area contributed by atoms with E-state index in [-0.39, 0.29) is 30.6 Å². The number of carboxylic acid groups (broad SMARTS) is 1. The maximum atomic E-state index is 13.0. The highest BCUT2D eigenvalue weighted by molar-refractivity contribution is 5.85. The Balaban J connectivity index is 0.00000144. The fourth-order valence-corrected chi connectivity index (χ4v) is 1.99. The van der Waals surface area contributed by atoms with Gasteiger partial charge < -0.3 is 9.84 Å². The summed E-state index contributed by atoms with van der Waals surface area (Å²) in [5.74, 6) is -0.211. The topological polar surface area (TPSA) is 46.5 Å². The van der Waals surface area contributed by atoms with E-state index in [2.05, 4.69) is 0 Å². The van der Waals surface area contributed by atoms with Crippen LogP contribution in [-0.2, 0) is 4.79 Å². The van der Waals surface area contributed by atoms with Crippen molar-refractivity contribution < 1.29 is 19.0 Å². The molecule has 0 amide bonds. The number of aliphatic carboxylic acids is 1. The minimum Gasteiger partial charge on any atom is -0.493 e. The molecule has 3 nitrogen and oxygen atoms in total. The van der Waals surface area contributed by atoms with E-state index >= 15 is 0 Å². The van der Waals surface area contributed by atoms with Gasteiger partial charge in [0.05, 0.1) is 6.61 Å². The van der Waals surface area contributed by atoms with Crippen LogP contribution in [0.25, 0.3) is 0 Å². The van der Waals surface area contributed by atoms with E-state index in [4.69, 9.17) is 9.84 Å². The number of fused-ring (bicyclic) bond motifs is 1. The summed E-state index contributed by atoms with van der Waals surface area (Å²) in [6.45, 7) is 0.526. The van der Waals surface area contributed by atoms with Gasteiger partial charge in [0.1, 0.15) is 11.6 Å². The summed E-state index contributed by atoms with van der Waals surface area (Å²) in [5.41, 5.74) is 0.866. The van der Waals surface area contributed by atoms with Gasteiger partial charge in [0.25, 0.3) is 0 Å². The number of carbonyl (C=O) groups is 1. The molecular weight excluding hydrogens is 247 g/mol. The van der Waals surface area contributed by atoms with Gasteiger partial charge in [0, 0.05) is 17.9 Å². The molecule has 1 aromatic carbocycles. The van der Waals surface area contributed by atoms with Crippen LogP contribution in [-0.4, -0.2) is 17.7 Å². The van der Waals surface area contributed by atoms with Crippen LogP contribution in [0.15, 0.2) is 18.2 Å². The number of hydrogen-bond acceptors (Lipinski definition) is 2. The summed E-state index contributed by atoms with van der Waals surface area (Å²) >= 11 is 0. The van der Waals surface area contributed by atoms with Crippen molar-refractivity contribution in [3.8, 4) is 5.75 Å². The zero-order valence-corrected chi connectivity index (χ0v) is 10.0. The standard InChI is InChI=1S/C12H13FO3.ClH/c13-9-4-5-11-10(6-9)8(7-16-11)2-1-3-12(14)15;/h4-6,8H,1-3,7H2,(H,14,15);1H. The molecule has 2 rings (SSSR count). The van der Waals surface area contributed by atoms with Gasteiger partial charge in [-0.1, -0.05) is 0 Å². The first-order valence-electron chi connectivity index (χ1n) is 5.31. The van der Waals surface area contributed by atoms with Gasteiger partial charge >= 0.3 is 5.97 Å². The fourth-order valence-electron chi connectivity index (χ4n) is 1.99. The van der Waals surface area contributed by atoms with Crippen LogP contribution < -0.4 is 4.74 Å². The van der Waals surface area contributed by atoms with Crippen LogP contribution in [0.1, 0.15) is 30.7 Å². The quantitative estimate of drug-likeness (QED) is 0.905. The van der Waals surface area contributed by atoms with E-state index in [1.807, 2.05) is 0 Å². The van der Waals surface area contributed by atoms with Gasteiger partial charge in [0.15, 0.2) is 0 Å². The normalized spacial score (nSPS) is 16.9. The highest BCUT2D eigenvalue weighted by Gasteiger charge is 2.24. The molecule has 1 aliphatic heterocycles. The first kappa shape index (κ1) is 13.8. The molecule has 0 aromatic heterocycles. The Morgan fingerprint density at radius 1 is 1.53 bits per heavy atom. The van der Waals surface area contributed by atoms with Crippen LogP contribution in [0.2, 0.25) is 0 Å². The summed E-state index contributed by atoms with van der Waals surface area (Å²) in [6.07, 6.45) is 1.48. The zero-order chi connectivity index (χ0) is 11.5. The highest BCUT2D eigenvalue weighted by atomic mass is 35.5. The molecule has 1 atom stereocenters. The lowest BCUT2D eigenvalue weighted by Crippen LogP contribution is -2.02. The molecule has 1 heterocycles. The van der Waals surface area contributed by atoms with Gasteiger partial charge in [-0.25, -0.2) is 4.39 Å². The second kappa shape index (κ2) is 5.87. The molecule has 0 aliphatic carbocycles. The first-order valence-corrected chi connectivity index (χ1v) is 5.31. The Kier molecular flexibility index (Phi) is 4.75. The summed E-state index contributed by atoms with van der Waals surface area (Å²) in [5, 5.41) is 8.54. The zero-order valence-electron chi connectivity index (χ0n) is 9.19. The second-order valence-corrected chi connectivity index (χ2v) is 3.98. The van der Waals surface area contributed by atoms with Crippen LogP contribution in [0.5, 0.6) is 5.75 Å². The number of benzene rings is 1. The summed E-state index contributed by atoms with van der Waals surface area (Å²) < 4.78 is 18.4. The monoisotopic (exact) mass is 260 g/mol. The number of hydrogen-bond donors (Lipinski definition) is 1. The van der Waals surface area contributed by atoms with E-state index in [1.165, 1.54) is 12.1 Å². The summed E-state index contributed by atoms with van der Waals surface area (Å²) in [6, 6.07) is 4.48. The predicted octanol–water partition coefficient (Wildman–Crippen LogP) is 2.98. The average molecular weight is 261 g/mol. The molecule has 1 N–H and O–H groups in total. The minimum absolute atomic E-state index is 0. The van der Waals surface area contributed by atoms with Crippen LogP contribution >= 0.6 is 12.4 Å². The molecule has 0 saturated heterocycles. The van der Waals surface area contributed by atoms with E-state index in [9.17, 15) is 9.18 Å².